The molecule has 1 fully saturated rings. The zero-order valence-electron chi connectivity index (χ0n) is 10.5. The molecule has 1 aromatic rings. The molecule has 1 saturated carbocycles. The lowest BCUT2D eigenvalue weighted by Crippen LogP contribution is -2.38. The van der Waals surface area contributed by atoms with Gasteiger partial charge in [-0.3, -0.25) is 0 Å². The fourth-order valence-corrected chi connectivity index (χ4v) is 3.26. The Balaban J connectivity index is 2.41. The van der Waals surface area contributed by atoms with Gasteiger partial charge in [-0.05, 0) is 25.0 Å². The molecule has 5 heteroatoms. The lowest BCUT2D eigenvalue weighted by atomic mass is 9.77. The van der Waals surface area contributed by atoms with Gasteiger partial charge < -0.3 is 10.8 Å². The van der Waals surface area contributed by atoms with Gasteiger partial charge >= 0.3 is 0 Å². The van der Waals surface area contributed by atoms with Crippen LogP contribution in [0.4, 0.5) is 0 Å². The van der Waals surface area contributed by atoms with Gasteiger partial charge in [-0.25, -0.2) is 8.42 Å². The second-order valence-corrected chi connectivity index (χ2v) is 7.18. The van der Waals surface area contributed by atoms with Gasteiger partial charge in [0.1, 0.15) is 5.75 Å². The lowest BCUT2D eigenvalue weighted by molar-refractivity contribution is 0.292. The summed E-state index contributed by atoms with van der Waals surface area (Å²) in [6.07, 6.45) is 6.05. The molecule has 0 radical (unpaired) electrons. The highest BCUT2D eigenvalue weighted by atomic mass is 32.2. The van der Waals surface area contributed by atoms with Crippen molar-refractivity contribution in [1.29, 1.82) is 0 Å². The Morgan fingerprint density at radius 3 is 2.33 bits per heavy atom. The third-order valence-corrected chi connectivity index (χ3v) is 4.79. The van der Waals surface area contributed by atoms with Crippen LogP contribution in [0.5, 0.6) is 5.75 Å². The molecule has 3 N–H and O–H groups in total. The second-order valence-electron chi connectivity index (χ2n) is 5.17. The van der Waals surface area contributed by atoms with Crippen molar-refractivity contribution in [2.24, 2.45) is 5.73 Å². The quantitative estimate of drug-likeness (QED) is 0.859. The predicted octanol–water partition coefficient (Wildman–Crippen LogP) is 1.91. The molecule has 0 bridgehead atoms. The van der Waals surface area contributed by atoms with E-state index in [1.807, 2.05) is 0 Å². The number of phenols is 1. The predicted molar refractivity (Wildman–Crippen MR) is 70.2 cm³/mol. The Bertz CT molecular complexity index is 545. The first-order valence-electron chi connectivity index (χ1n) is 6.15. The number of phenolic OH excluding ortho intramolecular Hbond substituents is 1. The molecule has 0 saturated heterocycles. The third-order valence-electron chi connectivity index (χ3n) is 3.68. The average molecular weight is 269 g/mol. The maximum atomic E-state index is 11.4. The Kier molecular flexibility index (Phi) is 3.38. The van der Waals surface area contributed by atoms with E-state index in [0.29, 0.717) is 5.56 Å². The highest BCUT2D eigenvalue weighted by Crippen LogP contribution is 2.39. The first-order valence-corrected chi connectivity index (χ1v) is 8.04. The van der Waals surface area contributed by atoms with Crippen LogP contribution in [-0.2, 0) is 15.4 Å². The van der Waals surface area contributed by atoms with Crippen LogP contribution < -0.4 is 5.73 Å². The SMILES string of the molecule is CS(=O)(=O)c1ccc(C2(N)CCCCC2)c(O)c1. The Morgan fingerprint density at radius 1 is 1.22 bits per heavy atom. The van der Waals surface area contributed by atoms with Crippen molar-refractivity contribution in [3.63, 3.8) is 0 Å². The molecule has 1 aromatic carbocycles. The molecule has 1 aliphatic carbocycles. The Hall–Kier alpha value is -1.07. The third kappa shape index (κ3) is 2.52. The Labute approximate surface area is 108 Å². The summed E-state index contributed by atoms with van der Waals surface area (Å²) in [4.78, 5) is 0.128. The van der Waals surface area contributed by atoms with Crippen molar-refractivity contribution in [3.05, 3.63) is 23.8 Å². The van der Waals surface area contributed by atoms with E-state index in [-0.39, 0.29) is 10.6 Å². The number of sulfone groups is 1. The largest absolute Gasteiger partial charge is 0.508 e. The van der Waals surface area contributed by atoms with Gasteiger partial charge in [-0.1, -0.05) is 25.3 Å². The highest BCUT2D eigenvalue weighted by molar-refractivity contribution is 7.90. The monoisotopic (exact) mass is 269 g/mol. The van der Waals surface area contributed by atoms with E-state index >= 15 is 0 Å². The molecule has 0 unspecified atom stereocenters. The number of aromatic hydroxyl groups is 1. The second kappa shape index (κ2) is 4.55. The van der Waals surface area contributed by atoms with Crippen LogP contribution in [-0.4, -0.2) is 19.8 Å². The van der Waals surface area contributed by atoms with Gasteiger partial charge in [-0.2, -0.15) is 0 Å². The van der Waals surface area contributed by atoms with Crippen LogP contribution >= 0.6 is 0 Å². The molecule has 0 spiro atoms. The van der Waals surface area contributed by atoms with E-state index < -0.39 is 15.4 Å². The standard InChI is InChI=1S/C13H19NO3S/c1-18(16,17)10-5-6-11(12(15)9-10)13(14)7-3-2-4-8-13/h5-6,9,15H,2-4,7-8,14H2,1H3. The highest BCUT2D eigenvalue weighted by Gasteiger charge is 2.32. The molecule has 2 rings (SSSR count). The van der Waals surface area contributed by atoms with Crippen molar-refractivity contribution in [2.75, 3.05) is 6.26 Å². The minimum Gasteiger partial charge on any atom is -0.508 e. The van der Waals surface area contributed by atoms with E-state index in [0.717, 1.165) is 31.9 Å². The number of hydrogen-bond donors (Lipinski definition) is 2. The molecule has 100 valence electrons. The van der Waals surface area contributed by atoms with E-state index in [2.05, 4.69) is 0 Å². The van der Waals surface area contributed by atoms with Gasteiger partial charge in [0.05, 0.1) is 4.90 Å². The molecule has 1 aliphatic rings. The topological polar surface area (TPSA) is 80.4 Å². The maximum absolute atomic E-state index is 11.4. The molecule has 0 atom stereocenters. The average Bonchev–Trinajstić information content (AvgIpc) is 2.28. The summed E-state index contributed by atoms with van der Waals surface area (Å²) in [6.45, 7) is 0. The number of nitrogens with two attached hydrogens (primary N) is 1. The number of benzene rings is 1. The van der Waals surface area contributed by atoms with E-state index in [4.69, 9.17) is 5.73 Å². The van der Waals surface area contributed by atoms with Gasteiger partial charge in [0, 0.05) is 17.4 Å². The number of hydrogen-bond acceptors (Lipinski definition) is 4. The first-order chi connectivity index (χ1) is 8.33. The van der Waals surface area contributed by atoms with E-state index in [1.165, 1.54) is 18.6 Å². The summed E-state index contributed by atoms with van der Waals surface area (Å²) in [5, 5.41) is 10.0. The minimum absolute atomic E-state index is 0.0117. The fraction of sp³-hybridized carbons (Fsp3) is 0.538. The number of rotatable bonds is 2. The van der Waals surface area contributed by atoms with Crippen LogP contribution in [0.3, 0.4) is 0 Å². The van der Waals surface area contributed by atoms with Gasteiger partial charge in [0.2, 0.25) is 0 Å². The first kappa shape index (κ1) is 13.4. The molecule has 0 amide bonds. The maximum Gasteiger partial charge on any atom is 0.175 e. The summed E-state index contributed by atoms with van der Waals surface area (Å²) < 4.78 is 22.8. The van der Waals surface area contributed by atoms with Crippen LogP contribution in [0.2, 0.25) is 0 Å². The van der Waals surface area contributed by atoms with Gasteiger partial charge in [-0.15, -0.1) is 0 Å². The van der Waals surface area contributed by atoms with Gasteiger partial charge in [0.15, 0.2) is 9.84 Å². The smallest absolute Gasteiger partial charge is 0.175 e. The molecule has 0 heterocycles. The summed E-state index contributed by atoms with van der Waals surface area (Å²) in [5.74, 6) is -0.0117. The minimum atomic E-state index is -3.29. The summed E-state index contributed by atoms with van der Waals surface area (Å²) >= 11 is 0. The van der Waals surface area contributed by atoms with Crippen molar-refractivity contribution in [2.45, 2.75) is 42.5 Å². The lowest BCUT2D eigenvalue weighted by Gasteiger charge is -2.34. The van der Waals surface area contributed by atoms with Crippen molar-refractivity contribution in [3.8, 4) is 5.75 Å². The fourth-order valence-electron chi connectivity index (χ4n) is 2.62. The van der Waals surface area contributed by atoms with Crippen LogP contribution in [0.25, 0.3) is 0 Å². The molecule has 4 nitrogen and oxygen atoms in total. The molecular formula is C13H19NO3S. The van der Waals surface area contributed by atoms with Crippen molar-refractivity contribution < 1.29 is 13.5 Å². The zero-order chi connectivity index (χ0) is 13.4. The van der Waals surface area contributed by atoms with Crippen LogP contribution in [0.1, 0.15) is 37.7 Å². The summed E-state index contributed by atoms with van der Waals surface area (Å²) in [7, 11) is -3.29. The molecule has 0 aromatic heterocycles. The normalized spacial score (nSPS) is 19.7. The zero-order valence-corrected chi connectivity index (χ0v) is 11.3. The van der Waals surface area contributed by atoms with Crippen LogP contribution in [0, 0.1) is 0 Å². The van der Waals surface area contributed by atoms with Crippen molar-refractivity contribution in [1.82, 2.24) is 0 Å². The van der Waals surface area contributed by atoms with E-state index in [1.54, 1.807) is 6.07 Å². The van der Waals surface area contributed by atoms with Crippen LogP contribution in [0.15, 0.2) is 23.1 Å². The van der Waals surface area contributed by atoms with Crippen molar-refractivity contribution >= 4 is 9.84 Å². The van der Waals surface area contributed by atoms with E-state index in [9.17, 15) is 13.5 Å². The summed E-state index contributed by atoms with van der Waals surface area (Å²) in [6, 6.07) is 4.47. The van der Waals surface area contributed by atoms with Gasteiger partial charge in [0.25, 0.3) is 0 Å². The molecule has 18 heavy (non-hydrogen) atoms. The molecule has 0 aliphatic heterocycles. The Morgan fingerprint density at radius 2 is 1.83 bits per heavy atom. The summed E-state index contributed by atoms with van der Waals surface area (Å²) in [5.41, 5.74) is 6.48. The molecular weight excluding hydrogens is 250 g/mol.